The van der Waals surface area contributed by atoms with Crippen LogP contribution in [0.5, 0.6) is 0 Å². The van der Waals surface area contributed by atoms with Crippen LogP contribution in [0.1, 0.15) is 23.0 Å². The molecule has 0 atom stereocenters. The van der Waals surface area contributed by atoms with Gasteiger partial charge in [0.1, 0.15) is 17.9 Å². The molecule has 0 aliphatic carbocycles. The molecule has 2 heterocycles. The fraction of sp³-hybridized carbons (Fsp3) is 0.174. The summed E-state index contributed by atoms with van der Waals surface area (Å²) in [5.41, 5.74) is 6.59. The van der Waals surface area contributed by atoms with E-state index in [0.29, 0.717) is 11.3 Å². The Bertz CT molecular complexity index is 1440. The van der Waals surface area contributed by atoms with Crippen molar-refractivity contribution >= 4 is 23.0 Å². The number of nitrogens with two attached hydrogens (primary N) is 1. The minimum absolute atomic E-state index is 0.0127. The molecule has 4 rings (SSSR count). The van der Waals surface area contributed by atoms with Gasteiger partial charge in [-0.1, -0.05) is 23.8 Å². The molecule has 9 nitrogen and oxygen atoms in total. The smallest absolute Gasteiger partial charge is 0.335 e. The first-order valence-corrected chi connectivity index (χ1v) is 10.1. The lowest BCUT2D eigenvalue weighted by Gasteiger charge is -2.08. The topological polar surface area (TPSA) is 122 Å². The van der Waals surface area contributed by atoms with E-state index >= 15 is 0 Å². The largest absolute Gasteiger partial charge is 0.465 e. The van der Waals surface area contributed by atoms with Crippen molar-refractivity contribution in [1.82, 2.24) is 19.1 Å². The summed E-state index contributed by atoms with van der Waals surface area (Å²) >= 11 is 0. The first-order chi connectivity index (χ1) is 15.8. The van der Waals surface area contributed by atoms with E-state index in [1.807, 2.05) is 19.1 Å². The zero-order chi connectivity index (χ0) is 23.7. The highest BCUT2D eigenvalue weighted by molar-refractivity contribution is 6.02. The van der Waals surface area contributed by atoms with Gasteiger partial charge in [0, 0.05) is 5.56 Å². The maximum absolute atomic E-state index is 13.5. The molecule has 33 heavy (non-hydrogen) atoms. The third-order valence-electron chi connectivity index (χ3n) is 4.96. The molecule has 0 saturated carbocycles. The predicted molar refractivity (Wildman–Crippen MR) is 118 cm³/mol. The maximum atomic E-state index is 13.5. The van der Waals surface area contributed by atoms with Crippen LogP contribution >= 0.6 is 0 Å². The second kappa shape index (κ2) is 8.65. The SMILES string of the molecule is CCOC(=O)Cn1c(=O)n(-c2ccc(F)cc2)c2nc(-c3cccc(C)c3)nc(C(N)=O)c21. The summed E-state index contributed by atoms with van der Waals surface area (Å²) in [5.74, 6) is -1.90. The van der Waals surface area contributed by atoms with Gasteiger partial charge in [-0.05, 0) is 44.2 Å². The van der Waals surface area contributed by atoms with Crippen molar-refractivity contribution in [2.45, 2.75) is 20.4 Å². The quantitative estimate of drug-likeness (QED) is 0.451. The Morgan fingerprint density at radius 3 is 2.48 bits per heavy atom. The first-order valence-electron chi connectivity index (χ1n) is 10.1. The Morgan fingerprint density at radius 1 is 1.12 bits per heavy atom. The lowest BCUT2D eigenvalue weighted by Crippen LogP contribution is -2.28. The Hall–Kier alpha value is -4.34. The molecular weight excluding hydrogens is 429 g/mol. The fourth-order valence-electron chi connectivity index (χ4n) is 3.54. The monoisotopic (exact) mass is 449 g/mol. The number of nitrogens with zero attached hydrogens (tertiary/aromatic N) is 4. The van der Waals surface area contributed by atoms with Gasteiger partial charge in [-0.3, -0.25) is 14.2 Å². The average Bonchev–Trinajstić information content (AvgIpc) is 3.05. The van der Waals surface area contributed by atoms with E-state index in [2.05, 4.69) is 9.97 Å². The summed E-state index contributed by atoms with van der Waals surface area (Å²) in [4.78, 5) is 46.8. The molecule has 168 valence electrons. The molecule has 2 N–H and O–H groups in total. The van der Waals surface area contributed by atoms with Gasteiger partial charge in [-0.25, -0.2) is 23.7 Å². The number of amides is 1. The van der Waals surface area contributed by atoms with Gasteiger partial charge in [0.15, 0.2) is 17.2 Å². The van der Waals surface area contributed by atoms with Crippen LogP contribution in [0.3, 0.4) is 0 Å². The maximum Gasteiger partial charge on any atom is 0.335 e. The predicted octanol–water partition coefficient (Wildman–Crippen LogP) is 2.36. The van der Waals surface area contributed by atoms with Crippen LogP contribution < -0.4 is 11.4 Å². The number of imidazole rings is 1. The number of carbonyl (C=O) groups excluding carboxylic acids is 2. The Labute approximate surface area is 187 Å². The van der Waals surface area contributed by atoms with E-state index in [9.17, 15) is 18.8 Å². The number of fused-ring (bicyclic) bond motifs is 1. The molecular formula is C23H20FN5O4. The number of hydrogen-bond donors (Lipinski definition) is 1. The van der Waals surface area contributed by atoms with Crippen LogP contribution in [0, 0.1) is 12.7 Å². The molecule has 0 saturated heterocycles. The number of benzene rings is 2. The number of ether oxygens (including phenoxy) is 1. The van der Waals surface area contributed by atoms with Crippen molar-refractivity contribution in [3.63, 3.8) is 0 Å². The third-order valence-corrected chi connectivity index (χ3v) is 4.96. The minimum atomic E-state index is -0.898. The van der Waals surface area contributed by atoms with E-state index in [0.717, 1.165) is 10.1 Å². The fourth-order valence-corrected chi connectivity index (χ4v) is 3.54. The lowest BCUT2D eigenvalue weighted by atomic mass is 10.1. The average molecular weight is 449 g/mol. The van der Waals surface area contributed by atoms with E-state index in [1.54, 1.807) is 19.1 Å². The molecule has 0 aliphatic rings. The number of rotatable bonds is 6. The van der Waals surface area contributed by atoms with E-state index < -0.39 is 29.9 Å². The van der Waals surface area contributed by atoms with Gasteiger partial charge in [0.2, 0.25) is 0 Å². The number of halogens is 1. The van der Waals surface area contributed by atoms with Crippen LogP contribution in [-0.2, 0) is 16.1 Å². The number of esters is 1. The summed E-state index contributed by atoms with van der Waals surface area (Å²) in [6, 6.07) is 12.4. The number of hydrogen-bond acceptors (Lipinski definition) is 6. The molecule has 0 unspecified atom stereocenters. The first kappa shape index (κ1) is 21.9. The van der Waals surface area contributed by atoms with Gasteiger partial charge in [0.05, 0.1) is 12.3 Å². The Morgan fingerprint density at radius 2 is 1.85 bits per heavy atom. The number of aromatic nitrogens is 4. The van der Waals surface area contributed by atoms with Gasteiger partial charge in [-0.15, -0.1) is 0 Å². The Kier molecular flexibility index (Phi) is 5.74. The van der Waals surface area contributed by atoms with Crippen molar-refractivity contribution in [2.75, 3.05) is 6.61 Å². The summed E-state index contributed by atoms with van der Waals surface area (Å²) in [6.07, 6.45) is 0. The van der Waals surface area contributed by atoms with Crippen molar-refractivity contribution in [2.24, 2.45) is 5.73 Å². The number of primary amides is 1. The highest BCUT2D eigenvalue weighted by Crippen LogP contribution is 2.24. The molecule has 2 aromatic carbocycles. The summed E-state index contributed by atoms with van der Waals surface area (Å²) < 4.78 is 20.7. The lowest BCUT2D eigenvalue weighted by molar-refractivity contribution is -0.143. The molecule has 2 aromatic heterocycles. The molecule has 0 fully saturated rings. The summed E-state index contributed by atoms with van der Waals surface area (Å²) in [5, 5.41) is 0. The number of carbonyl (C=O) groups is 2. The van der Waals surface area contributed by atoms with Gasteiger partial charge >= 0.3 is 11.7 Å². The molecule has 4 aromatic rings. The standard InChI is InChI=1S/C23H20FN5O4/c1-3-33-17(30)12-28-19-18(20(25)31)26-21(14-6-4-5-13(2)11-14)27-22(19)29(23(28)32)16-9-7-15(24)8-10-16/h4-11H,3,12H2,1-2H3,(H2,25,31). The van der Waals surface area contributed by atoms with Crippen LogP contribution in [-0.4, -0.2) is 37.6 Å². The highest BCUT2D eigenvalue weighted by Gasteiger charge is 2.25. The van der Waals surface area contributed by atoms with Crippen molar-refractivity contribution < 1.29 is 18.7 Å². The van der Waals surface area contributed by atoms with Crippen LogP contribution in [0.4, 0.5) is 4.39 Å². The highest BCUT2D eigenvalue weighted by atomic mass is 19.1. The second-order valence-electron chi connectivity index (χ2n) is 7.29. The van der Waals surface area contributed by atoms with E-state index in [4.69, 9.17) is 10.5 Å². The summed E-state index contributed by atoms with van der Waals surface area (Å²) in [7, 11) is 0. The van der Waals surface area contributed by atoms with Crippen molar-refractivity contribution in [3.8, 4) is 17.1 Å². The van der Waals surface area contributed by atoms with Gasteiger partial charge in [0.25, 0.3) is 5.91 Å². The van der Waals surface area contributed by atoms with E-state index in [1.165, 1.54) is 28.8 Å². The zero-order valence-corrected chi connectivity index (χ0v) is 17.9. The van der Waals surface area contributed by atoms with Crippen molar-refractivity contribution in [3.05, 3.63) is 76.1 Å². The minimum Gasteiger partial charge on any atom is -0.465 e. The molecule has 0 radical (unpaired) electrons. The third kappa shape index (κ3) is 4.10. The normalized spacial score (nSPS) is 11.0. The van der Waals surface area contributed by atoms with Crippen LogP contribution in [0.15, 0.2) is 53.3 Å². The Balaban J connectivity index is 2.09. The number of aryl methyl sites for hydroxylation is 1. The second-order valence-corrected chi connectivity index (χ2v) is 7.29. The van der Waals surface area contributed by atoms with Crippen LogP contribution in [0.25, 0.3) is 28.2 Å². The van der Waals surface area contributed by atoms with Gasteiger partial charge in [-0.2, -0.15) is 0 Å². The van der Waals surface area contributed by atoms with Gasteiger partial charge < -0.3 is 10.5 Å². The molecule has 0 bridgehead atoms. The van der Waals surface area contributed by atoms with Crippen molar-refractivity contribution in [1.29, 1.82) is 0 Å². The molecule has 0 aliphatic heterocycles. The van der Waals surface area contributed by atoms with Crippen LogP contribution in [0.2, 0.25) is 0 Å². The summed E-state index contributed by atoms with van der Waals surface area (Å²) in [6.45, 7) is 3.15. The molecule has 1 amide bonds. The molecule has 0 spiro atoms. The zero-order valence-electron chi connectivity index (χ0n) is 17.9. The van der Waals surface area contributed by atoms with E-state index in [-0.39, 0.29) is 29.3 Å². The molecule has 10 heteroatoms.